The number of nitrogens with one attached hydrogen (secondary N) is 2. The monoisotopic (exact) mass is 338 g/mol. The third-order valence-corrected chi connectivity index (χ3v) is 4.19. The first-order valence-corrected chi connectivity index (χ1v) is 7.85. The number of fused-ring (bicyclic) bond motifs is 1. The second kappa shape index (κ2) is 5.73. The van der Waals surface area contributed by atoms with Gasteiger partial charge in [-0.2, -0.15) is 19.6 Å². The van der Waals surface area contributed by atoms with Gasteiger partial charge in [0.2, 0.25) is 22.0 Å². The van der Waals surface area contributed by atoms with Crippen molar-refractivity contribution >= 4 is 45.7 Å². The van der Waals surface area contributed by atoms with Crippen LogP contribution in [0.4, 0.5) is 11.8 Å². The number of nitrogen functional groups attached to an aromatic ring is 1. The molecule has 114 valence electrons. The summed E-state index contributed by atoms with van der Waals surface area (Å²) in [6, 6.07) is 0. The zero-order valence-electron chi connectivity index (χ0n) is 11.2. The summed E-state index contributed by atoms with van der Waals surface area (Å²) in [5.74, 6) is 0.504. The second-order valence-electron chi connectivity index (χ2n) is 4.16. The number of amides is 1. The van der Waals surface area contributed by atoms with Crippen molar-refractivity contribution in [3.63, 3.8) is 0 Å². The molecule has 1 amide bonds. The van der Waals surface area contributed by atoms with E-state index in [1.807, 2.05) is 0 Å². The zero-order chi connectivity index (χ0) is 15.7. The molecule has 22 heavy (non-hydrogen) atoms. The summed E-state index contributed by atoms with van der Waals surface area (Å²) in [6.07, 6.45) is 0. The van der Waals surface area contributed by atoms with Crippen molar-refractivity contribution in [3.05, 3.63) is 21.4 Å². The summed E-state index contributed by atoms with van der Waals surface area (Å²) in [6.45, 7) is 1.56. The molecule has 0 atom stereocenters. The largest absolute Gasteiger partial charge is 0.368 e. The van der Waals surface area contributed by atoms with E-state index in [2.05, 4.69) is 30.6 Å². The van der Waals surface area contributed by atoms with Gasteiger partial charge in [-0.05, 0) is 6.92 Å². The van der Waals surface area contributed by atoms with Crippen molar-refractivity contribution in [2.75, 3.05) is 16.8 Å². The molecule has 0 aliphatic rings. The van der Waals surface area contributed by atoms with Crippen molar-refractivity contribution in [2.45, 2.75) is 12.1 Å². The van der Waals surface area contributed by atoms with Crippen molar-refractivity contribution in [3.8, 4) is 0 Å². The fraction of sp³-hybridized carbons (Fsp3) is 0.200. The van der Waals surface area contributed by atoms with Crippen LogP contribution in [0.15, 0.2) is 15.3 Å². The molecule has 4 N–H and O–H groups in total. The van der Waals surface area contributed by atoms with Crippen LogP contribution in [-0.2, 0) is 4.79 Å². The highest BCUT2D eigenvalue weighted by Crippen LogP contribution is 2.18. The highest BCUT2D eigenvalue weighted by atomic mass is 32.2. The maximum Gasteiger partial charge on any atom is 0.295 e. The van der Waals surface area contributed by atoms with Gasteiger partial charge in [-0.1, -0.05) is 11.8 Å². The van der Waals surface area contributed by atoms with Gasteiger partial charge in [-0.15, -0.1) is 16.4 Å². The van der Waals surface area contributed by atoms with Gasteiger partial charge in [-0.3, -0.25) is 9.59 Å². The van der Waals surface area contributed by atoms with Gasteiger partial charge in [0.15, 0.2) is 0 Å². The number of H-pyrrole nitrogens is 1. The Balaban J connectivity index is 1.71. The number of carbonyl (C=O) groups is 1. The maximum absolute atomic E-state index is 11.9. The second-order valence-corrected chi connectivity index (χ2v) is 5.94. The first-order valence-electron chi connectivity index (χ1n) is 5.98. The number of nitrogens with zero attached hydrogens (tertiary/aromatic N) is 5. The van der Waals surface area contributed by atoms with Crippen LogP contribution in [0.5, 0.6) is 0 Å². The standard InChI is InChI=1S/C10H10N8O2S2/c1-4-7(20)13-10-18(17-4)5(2-22-10)12-6(19)3-21-9-14-8(11)15-16-9/h2H,3H2,1H3,(H,12,19)(H3,11,14,15,16). The van der Waals surface area contributed by atoms with E-state index in [0.717, 1.165) is 11.8 Å². The molecule has 0 radical (unpaired) electrons. The molecule has 0 aromatic carbocycles. The molecular formula is C10H10N8O2S2. The Hall–Kier alpha value is -2.47. The lowest BCUT2D eigenvalue weighted by molar-refractivity contribution is -0.113. The lowest BCUT2D eigenvalue weighted by Crippen LogP contribution is -2.19. The number of rotatable bonds is 4. The number of hydrogen-bond acceptors (Lipinski definition) is 9. The summed E-state index contributed by atoms with van der Waals surface area (Å²) >= 11 is 2.36. The fourth-order valence-electron chi connectivity index (χ4n) is 1.56. The molecule has 0 saturated carbocycles. The van der Waals surface area contributed by atoms with Crippen LogP contribution < -0.4 is 16.6 Å². The SMILES string of the molecule is Cc1nn2c(NC(=O)CSc3n[nH]c(N)n3)csc2nc1=O. The topological polar surface area (TPSA) is 144 Å². The summed E-state index contributed by atoms with van der Waals surface area (Å²) in [5.41, 5.74) is 5.28. The molecule has 0 aliphatic heterocycles. The molecule has 0 unspecified atom stereocenters. The number of aromatic amines is 1. The van der Waals surface area contributed by atoms with Crippen molar-refractivity contribution in [1.82, 2.24) is 29.8 Å². The average molecular weight is 338 g/mol. The molecule has 12 heteroatoms. The van der Waals surface area contributed by atoms with Crippen molar-refractivity contribution < 1.29 is 4.79 Å². The number of hydrogen-bond donors (Lipinski definition) is 3. The minimum absolute atomic E-state index is 0.112. The van der Waals surface area contributed by atoms with E-state index in [0.29, 0.717) is 15.9 Å². The minimum Gasteiger partial charge on any atom is -0.368 e. The predicted octanol–water partition coefficient (Wildman–Crippen LogP) is -0.109. The van der Waals surface area contributed by atoms with E-state index >= 15 is 0 Å². The van der Waals surface area contributed by atoms with E-state index in [1.54, 1.807) is 12.3 Å². The van der Waals surface area contributed by atoms with Crippen molar-refractivity contribution in [1.29, 1.82) is 0 Å². The van der Waals surface area contributed by atoms with Gasteiger partial charge < -0.3 is 11.1 Å². The van der Waals surface area contributed by atoms with Crippen molar-refractivity contribution in [2.24, 2.45) is 0 Å². The van der Waals surface area contributed by atoms with Gasteiger partial charge in [0.25, 0.3) is 5.56 Å². The summed E-state index contributed by atoms with van der Waals surface area (Å²) in [4.78, 5) is 31.5. The van der Waals surface area contributed by atoms with Gasteiger partial charge >= 0.3 is 0 Å². The molecule has 10 nitrogen and oxygen atoms in total. The van der Waals surface area contributed by atoms with Gasteiger partial charge in [0, 0.05) is 5.38 Å². The van der Waals surface area contributed by atoms with E-state index in [-0.39, 0.29) is 28.9 Å². The molecule has 0 fully saturated rings. The lowest BCUT2D eigenvalue weighted by Gasteiger charge is -2.03. The number of thiazole rings is 1. The minimum atomic E-state index is -0.377. The molecular weight excluding hydrogens is 328 g/mol. The molecule has 0 aliphatic carbocycles. The Morgan fingerprint density at radius 2 is 2.36 bits per heavy atom. The van der Waals surface area contributed by atoms with E-state index in [1.165, 1.54) is 15.9 Å². The molecule has 3 rings (SSSR count). The molecule has 0 spiro atoms. The third kappa shape index (κ3) is 2.92. The van der Waals surface area contributed by atoms with Crippen LogP contribution in [0.3, 0.4) is 0 Å². The Labute approximate surface area is 131 Å². The number of aromatic nitrogens is 6. The van der Waals surface area contributed by atoms with E-state index in [4.69, 9.17) is 5.73 Å². The summed E-state index contributed by atoms with van der Waals surface area (Å²) in [5, 5.41) is 15.2. The molecule has 0 bridgehead atoms. The normalized spacial score (nSPS) is 11.0. The molecule has 0 saturated heterocycles. The van der Waals surface area contributed by atoms with Crippen LogP contribution >= 0.6 is 23.1 Å². The van der Waals surface area contributed by atoms with E-state index < -0.39 is 0 Å². The third-order valence-electron chi connectivity index (χ3n) is 2.52. The predicted molar refractivity (Wildman–Crippen MR) is 82.0 cm³/mol. The van der Waals surface area contributed by atoms with Crippen LogP contribution in [0.25, 0.3) is 4.96 Å². The Morgan fingerprint density at radius 3 is 3.09 bits per heavy atom. The fourth-order valence-corrected chi connectivity index (χ4v) is 2.91. The number of anilines is 2. The van der Waals surface area contributed by atoms with Crippen LogP contribution in [0.2, 0.25) is 0 Å². The molecule has 3 aromatic heterocycles. The number of thioether (sulfide) groups is 1. The zero-order valence-corrected chi connectivity index (χ0v) is 12.9. The Morgan fingerprint density at radius 1 is 1.55 bits per heavy atom. The van der Waals surface area contributed by atoms with Gasteiger partial charge in [-0.25, -0.2) is 5.10 Å². The lowest BCUT2D eigenvalue weighted by atomic mass is 10.5. The van der Waals surface area contributed by atoms with Gasteiger partial charge in [0.05, 0.1) is 5.75 Å². The summed E-state index contributed by atoms with van der Waals surface area (Å²) < 4.78 is 1.43. The van der Waals surface area contributed by atoms with Crippen LogP contribution in [0.1, 0.15) is 5.69 Å². The maximum atomic E-state index is 11.9. The van der Waals surface area contributed by atoms with Gasteiger partial charge in [0.1, 0.15) is 11.5 Å². The molecule has 3 aromatic rings. The average Bonchev–Trinajstić information content (AvgIpc) is 3.05. The highest BCUT2D eigenvalue weighted by Gasteiger charge is 2.12. The number of carbonyl (C=O) groups excluding carboxylic acids is 1. The Bertz CT molecular complexity index is 898. The van der Waals surface area contributed by atoms with E-state index in [9.17, 15) is 9.59 Å². The van der Waals surface area contributed by atoms with Crippen LogP contribution in [-0.4, -0.2) is 41.4 Å². The van der Waals surface area contributed by atoms with Crippen LogP contribution in [0, 0.1) is 6.92 Å². The number of aryl methyl sites for hydroxylation is 1. The number of nitrogens with two attached hydrogens (primary N) is 1. The first kappa shape index (κ1) is 14.5. The first-order chi connectivity index (χ1) is 10.5. The molecule has 3 heterocycles. The summed E-state index contributed by atoms with van der Waals surface area (Å²) in [7, 11) is 0. The smallest absolute Gasteiger partial charge is 0.295 e. The highest BCUT2D eigenvalue weighted by molar-refractivity contribution is 7.99. The quantitative estimate of drug-likeness (QED) is 0.559. The Kier molecular flexibility index (Phi) is 3.77.